The summed E-state index contributed by atoms with van der Waals surface area (Å²) in [5, 5.41) is 0. The first-order valence-corrected chi connectivity index (χ1v) is 9.87. The van der Waals surface area contributed by atoms with Gasteiger partial charge in [0, 0.05) is 5.56 Å². The zero-order valence-electron chi connectivity index (χ0n) is 15.1. The molecule has 0 N–H and O–H groups in total. The van der Waals surface area contributed by atoms with Crippen LogP contribution in [0.15, 0.2) is 52.3 Å². The summed E-state index contributed by atoms with van der Waals surface area (Å²) in [5.74, 6) is 0.608. The molecule has 0 radical (unpaired) electrons. The molecule has 1 saturated heterocycles. The van der Waals surface area contributed by atoms with Crippen molar-refractivity contribution in [2.75, 3.05) is 13.2 Å². The van der Waals surface area contributed by atoms with Crippen molar-refractivity contribution in [3.63, 3.8) is 0 Å². The predicted octanol–water partition coefficient (Wildman–Crippen LogP) is 3.90. The molecule has 1 heterocycles. The molecule has 1 aliphatic rings. The van der Waals surface area contributed by atoms with Gasteiger partial charge in [0.25, 0.3) is 0 Å². The summed E-state index contributed by atoms with van der Waals surface area (Å²) in [6, 6.07) is 12.2. The van der Waals surface area contributed by atoms with E-state index in [1.807, 2.05) is 39.8 Å². The van der Waals surface area contributed by atoms with Crippen LogP contribution in [-0.2, 0) is 20.0 Å². The van der Waals surface area contributed by atoms with E-state index >= 15 is 0 Å². The van der Waals surface area contributed by atoms with Crippen molar-refractivity contribution in [3.05, 3.63) is 53.6 Å². The second kappa shape index (κ2) is 6.46. The predicted molar refractivity (Wildman–Crippen MR) is 97.0 cm³/mol. The Balaban J connectivity index is 2.12. The fourth-order valence-corrected chi connectivity index (χ4v) is 4.64. The molecule has 25 heavy (non-hydrogen) atoms. The van der Waals surface area contributed by atoms with Crippen molar-refractivity contribution in [1.82, 2.24) is 0 Å². The van der Waals surface area contributed by atoms with Gasteiger partial charge in [-0.25, -0.2) is 8.42 Å². The molecule has 1 fully saturated rings. The molecule has 2 aromatic carbocycles. The smallest absolute Gasteiger partial charge is 0.207 e. The third kappa shape index (κ3) is 3.88. The van der Waals surface area contributed by atoms with Crippen LogP contribution in [0.5, 0.6) is 5.75 Å². The summed E-state index contributed by atoms with van der Waals surface area (Å²) in [7, 11) is -3.63. The van der Waals surface area contributed by atoms with Crippen LogP contribution in [-0.4, -0.2) is 27.7 Å². The minimum absolute atomic E-state index is 0.116. The average Bonchev–Trinajstić information content (AvgIpc) is 3.36. The Bertz CT molecular complexity index is 875. The van der Waals surface area contributed by atoms with Gasteiger partial charge in [0.15, 0.2) is 0 Å². The Labute approximate surface area is 149 Å². The van der Waals surface area contributed by atoms with Crippen molar-refractivity contribution < 1.29 is 17.9 Å². The Hall–Kier alpha value is -1.85. The standard InChI is InChI=1S/C20H24O4S/c1-14-7-5-8-16(11-14)25(21,22)18-10-6-9-17(19(18)20(2,3)4)24-13-15-12-23-15/h5-11,15H,12-13H2,1-4H3. The molecular formula is C20H24O4S. The topological polar surface area (TPSA) is 55.9 Å². The number of benzene rings is 2. The van der Waals surface area contributed by atoms with E-state index in [0.717, 1.165) is 5.56 Å². The molecule has 1 unspecified atom stereocenters. The molecule has 5 heteroatoms. The van der Waals surface area contributed by atoms with Gasteiger partial charge in [-0.1, -0.05) is 39.0 Å². The van der Waals surface area contributed by atoms with Crippen LogP contribution in [0.2, 0.25) is 0 Å². The first-order valence-electron chi connectivity index (χ1n) is 8.39. The zero-order chi connectivity index (χ0) is 18.2. The van der Waals surface area contributed by atoms with Gasteiger partial charge in [0.1, 0.15) is 18.5 Å². The Kier molecular flexibility index (Phi) is 4.64. The molecule has 0 aliphatic carbocycles. The molecular weight excluding hydrogens is 336 g/mol. The lowest BCUT2D eigenvalue weighted by molar-refractivity contribution is 0.257. The summed E-state index contributed by atoms with van der Waals surface area (Å²) in [4.78, 5) is 0.612. The summed E-state index contributed by atoms with van der Waals surface area (Å²) >= 11 is 0. The van der Waals surface area contributed by atoms with Gasteiger partial charge in [-0.2, -0.15) is 0 Å². The lowest BCUT2D eigenvalue weighted by Crippen LogP contribution is -2.20. The highest BCUT2D eigenvalue weighted by molar-refractivity contribution is 7.91. The molecule has 2 aromatic rings. The highest BCUT2D eigenvalue weighted by atomic mass is 32.2. The molecule has 0 aromatic heterocycles. The first kappa shape index (κ1) is 18.0. The summed E-state index contributed by atoms with van der Waals surface area (Å²) in [6.07, 6.45) is 0.116. The van der Waals surface area contributed by atoms with E-state index in [-0.39, 0.29) is 11.5 Å². The number of rotatable bonds is 5. The largest absolute Gasteiger partial charge is 0.490 e. The zero-order valence-corrected chi connectivity index (χ0v) is 15.9. The molecule has 134 valence electrons. The van der Waals surface area contributed by atoms with Gasteiger partial charge >= 0.3 is 0 Å². The van der Waals surface area contributed by atoms with Crippen LogP contribution in [0.4, 0.5) is 0 Å². The van der Waals surface area contributed by atoms with Crippen LogP contribution in [0, 0.1) is 6.92 Å². The normalized spacial score (nSPS) is 17.4. The van der Waals surface area contributed by atoms with E-state index in [4.69, 9.17) is 9.47 Å². The third-order valence-corrected chi connectivity index (χ3v) is 5.95. The van der Waals surface area contributed by atoms with Crippen LogP contribution in [0.3, 0.4) is 0 Å². The van der Waals surface area contributed by atoms with Crippen molar-refractivity contribution in [2.45, 2.75) is 49.0 Å². The van der Waals surface area contributed by atoms with Crippen LogP contribution in [0.1, 0.15) is 31.9 Å². The van der Waals surface area contributed by atoms with E-state index in [9.17, 15) is 8.42 Å². The molecule has 4 nitrogen and oxygen atoms in total. The molecule has 1 aliphatic heterocycles. The first-order chi connectivity index (χ1) is 11.7. The van der Waals surface area contributed by atoms with E-state index in [2.05, 4.69) is 0 Å². The third-order valence-electron chi connectivity index (χ3n) is 4.15. The monoisotopic (exact) mass is 360 g/mol. The van der Waals surface area contributed by atoms with Gasteiger partial charge in [-0.3, -0.25) is 0 Å². The number of hydrogen-bond acceptors (Lipinski definition) is 4. The fraction of sp³-hybridized carbons (Fsp3) is 0.400. The summed E-state index contributed by atoms with van der Waals surface area (Å²) in [6.45, 7) is 9.02. The maximum absolute atomic E-state index is 13.3. The highest BCUT2D eigenvalue weighted by Crippen LogP contribution is 2.39. The Morgan fingerprint density at radius 3 is 2.44 bits per heavy atom. The number of epoxide rings is 1. The quantitative estimate of drug-likeness (QED) is 0.759. The molecule has 0 spiro atoms. The lowest BCUT2D eigenvalue weighted by atomic mass is 9.86. The van der Waals surface area contributed by atoms with Gasteiger partial charge in [0.2, 0.25) is 9.84 Å². The van der Waals surface area contributed by atoms with Crippen molar-refractivity contribution >= 4 is 9.84 Å². The Morgan fingerprint density at radius 2 is 1.84 bits per heavy atom. The summed E-state index contributed by atoms with van der Waals surface area (Å²) < 4.78 is 37.6. The molecule has 0 saturated carbocycles. The van der Waals surface area contributed by atoms with E-state index in [1.165, 1.54) is 0 Å². The second-order valence-electron chi connectivity index (χ2n) is 7.47. The van der Waals surface area contributed by atoms with Crippen molar-refractivity contribution in [2.24, 2.45) is 0 Å². The van der Waals surface area contributed by atoms with Gasteiger partial charge in [-0.05, 0) is 42.2 Å². The van der Waals surface area contributed by atoms with E-state index in [1.54, 1.807) is 30.3 Å². The maximum atomic E-state index is 13.3. The van der Waals surface area contributed by atoms with Crippen LogP contribution < -0.4 is 4.74 Å². The number of ether oxygens (including phenoxy) is 2. The van der Waals surface area contributed by atoms with Crippen molar-refractivity contribution in [3.8, 4) is 5.75 Å². The number of aryl methyl sites for hydroxylation is 1. The SMILES string of the molecule is Cc1cccc(S(=O)(=O)c2cccc(OCC3CO3)c2C(C)(C)C)c1. The minimum Gasteiger partial charge on any atom is -0.490 e. The van der Waals surface area contributed by atoms with Crippen LogP contribution >= 0.6 is 0 Å². The number of hydrogen-bond donors (Lipinski definition) is 0. The molecule has 0 amide bonds. The maximum Gasteiger partial charge on any atom is 0.207 e. The van der Waals surface area contributed by atoms with E-state index < -0.39 is 9.84 Å². The fourth-order valence-electron chi connectivity index (χ4n) is 2.85. The highest BCUT2D eigenvalue weighted by Gasteiger charge is 2.31. The van der Waals surface area contributed by atoms with Gasteiger partial charge < -0.3 is 9.47 Å². The molecule has 1 atom stereocenters. The molecule has 3 rings (SSSR count). The minimum atomic E-state index is -3.63. The average molecular weight is 360 g/mol. The van der Waals surface area contributed by atoms with Gasteiger partial charge in [-0.15, -0.1) is 0 Å². The van der Waals surface area contributed by atoms with Gasteiger partial charge in [0.05, 0.1) is 16.4 Å². The van der Waals surface area contributed by atoms with Crippen LogP contribution in [0.25, 0.3) is 0 Å². The molecule has 0 bridgehead atoms. The van der Waals surface area contributed by atoms with Crippen molar-refractivity contribution in [1.29, 1.82) is 0 Å². The summed E-state index contributed by atoms with van der Waals surface area (Å²) in [5.41, 5.74) is 1.24. The Morgan fingerprint density at radius 1 is 1.16 bits per heavy atom. The number of sulfone groups is 1. The van der Waals surface area contributed by atoms with E-state index in [0.29, 0.717) is 34.3 Å². The lowest BCUT2D eigenvalue weighted by Gasteiger charge is -2.26. The second-order valence-corrected chi connectivity index (χ2v) is 9.38.